The maximum Gasteiger partial charge on any atom is 0.265 e. The number of rotatable bonds is 5. The van der Waals surface area contributed by atoms with Gasteiger partial charge in [0.1, 0.15) is 4.90 Å². The summed E-state index contributed by atoms with van der Waals surface area (Å²) in [4.78, 5) is 3.94. The molecular weight excluding hydrogens is 443 g/mol. The van der Waals surface area contributed by atoms with E-state index >= 15 is 0 Å². The van der Waals surface area contributed by atoms with Crippen LogP contribution in [0.15, 0.2) is 53.7 Å². The molecule has 2 aromatic heterocycles. The summed E-state index contributed by atoms with van der Waals surface area (Å²) in [5.74, 6) is -10.6. The highest BCUT2D eigenvalue weighted by molar-refractivity contribution is 7.93. The van der Waals surface area contributed by atoms with Crippen molar-refractivity contribution in [2.24, 2.45) is 0 Å². The summed E-state index contributed by atoms with van der Waals surface area (Å²) in [6.07, 6.45) is 2.55. The third-order valence-corrected chi connectivity index (χ3v) is 5.77. The molecule has 6 nitrogen and oxygen atoms in total. The molecule has 31 heavy (non-hydrogen) atoms. The Balaban J connectivity index is 1.63. The van der Waals surface area contributed by atoms with Crippen LogP contribution in [0.25, 0.3) is 10.9 Å². The van der Waals surface area contributed by atoms with Gasteiger partial charge in [0.15, 0.2) is 29.1 Å². The van der Waals surface area contributed by atoms with Crippen molar-refractivity contribution in [3.05, 3.63) is 83.4 Å². The molecule has 0 unspecified atom stereocenters. The Labute approximate surface area is 172 Å². The van der Waals surface area contributed by atoms with Gasteiger partial charge >= 0.3 is 0 Å². The maximum atomic E-state index is 13.9. The maximum absolute atomic E-state index is 13.9. The molecule has 160 valence electrons. The summed E-state index contributed by atoms with van der Waals surface area (Å²) in [5, 5.41) is 4.38. The minimum atomic E-state index is -4.14. The lowest BCUT2D eigenvalue weighted by atomic mass is 10.1. The highest BCUT2D eigenvalue weighted by Crippen LogP contribution is 2.25. The quantitative estimate of drug-likeness (QED) is 0.281. The Morgan fingerprint density at radius 3 is 2.23 bits per heavy atom. The molecule has 0 bridgehead atoms. The Kier molecular flexibility index (Phi) is 5.09. The van der Waals surface area contributed by atoms with Crippen molar-refractivity contribution >= 4 is 26.7 Å². The number of hydrogen-bond acceptors (Lipinski definition) is 4. The second-order valence-corrected chi connectivity index (χ2v) is 8.03. The second kappa shape index (κ2) is 7.61. The van der Waals surface area contributed by atoms with E-state index in [1.165, 1.54) is 24.4 Å². The average molecular weight is 454 g/mol. The first-order valence-electron chi connectivity index (χ1n) is 8.59. The lowest BCUT2D eigenvalue weighted by Gasteiger charge is -2.09. The molecule has 0 radical (unpaired) electrons. The number of nitrogens with zero attached hydrogens (tertiary/aromatic N) is 3. The lowest BCUT2D eigenvalue weighted by molar-refractivity contribution is 0.367. The van der Waals surface area contributed by atoms with Gasteiger partial charge in [-0.05, 0) is 12.1 Å². The van der Waals surface area contributed by atoms with Gasteiger partial charge in [-0.25, -0.2) is 30.4 Å². The first kappa shape index (κ1) is 20.7. The van der Waals surface area contributed by atoms with E-state index in [0.29, 0.717) is 5.39 Å². The number of halogens is 5. The molecule has 4 aromatic rings. The van der Waals surface area contributed by atoms with Crippen molar-refractivity contribution in [3.8, 4) is 0 Å². The molecule has 0 aliphatic heterocycles. The van der Waals surface area contributed by atoms with Crippen LogP contribution in [0.5, 0.6) is 0 Å². The molecule has 0 spiro atoms. The van der Waals surface area contributed by atoms with Crippen molar-refractivity contribution in [1.82, 2.24) is 14.8 Å². The van der Waals surface area contributed by atoms with E-state index in [-0.39, 0.29) is 16.2 Å². The molecule has 12 heteroatoms. The van der Waals surface area contributed by atoms with Gasteiger partial charge in [0, 0.05) is 23.8 Å². The minimum Gasteiger partial charge on any atom is -0.266 e. The van der Waals surface area contributed by atoms with Crippen LogP contribution in [0.4, 0.5) is 27.8 Å². The number of anilines is 1. The van der Waals surface area contributed by atoms with E-state index in [4.69, 9.17) is 0 Å². The van der Waals surface area contributed by atoms with E-state index in [1.807, 2.05) is 0 Å². The zero-order valence-corrected chi connectivity index (χ0v) is 16.1. The topological polar surface area (TPSA) is 76.9 Å². The van der Waals surface area contributed by atoms with Gasteiger partial charge in [-0.1, -0.05) is 18.2 Å². The minimum absolute atomic E-state index is 0.125. The van der Waals surface area contributed by atoms with E-state index in [1.54, 1.807) is 18.2 Å². The number of sulfonamides is 1. The van der Waals surface area contributed by atoms with Gasteiger partial charge in [-0.3, -0.25) is 14.4 Å². The van der Waals surface area contributed by atoms with Gasteiger partial charge in [0.2, 0.25) is 5.82 Å². The van der Waals surface area contributed by atoms with Crippen molar-refractivity contribution in [2.75, 3.05) is 4.72 Å². The van der Waals surface area contributed by atoms with Gasteiger partial charge in [-0.15, -0.1) is 0 Å². The number of para-hydroxylation sites is 1. The van der Waals surface area contributed by atoms with Crippen molar-refractivity contribution < 1.29 is 30.4 Å². The van der Waals surface area contributed by atoms with Crippen LogP contribution in [0.2, 0.25) is 0 Å². The summed E-state index contributed by atoms with van der Waals surface area (Å²) in [6.45, 7) is -0.816. The van der Waals surface area contributed by atoms with Gasteiger partial charge < -0.3 is 0 Å². The summed E-state index contributed by atoms with van der Waals surface area (Å²) in [6, 6.07) is 9.04. The van der Waals surface area contributed by atoms with Gasteiger partial charge in [-0.2, -0.15) is 5.10 Å². The first-order valence-corrected chi connectivity index (χ1v) is 10.1. The van der Waals surface area contributed by atoms with Gasteiger partial charge in [0.25, 0.3) is 10.0 Å². The van der Waals surface area contributed by atoms with Crippen LogP contribution in [0.1, 0.15) is 5.56 Å². The summed E-state index contributed by atoms with van der Waals surface area (Å²) in [5.41, 5.74) is -0.884. The van der Waals surface area contributed by atoms with Crippen molar-refractivity contribution in [1.29, 1.82) is 0 Å². The lowest BCUT2D eigenvalue weighted by Crippen LogP contribution is -2.15. The Morgan fingerprint density at radius 1 is 0.871 bits per heavy atom. The largest absolute Gasteiger partial charge is 0.266 e. The number of aromatic nitrogens is 3. The first-order chi connectivity index (χ1) is 14.7. The number of benzene rings is 2. The van der Waals surface area contributed by atoms with Crippen LogP contribution in [-0.2, 0) is 16.6 Å². The number of pyridine rings is 1. The molecule has 0 aliphatic rings. The van der Waals surface area contributed by atoms with E-state index in [0.717, 1.165) is 10.9 Å². The molecule has 0 saturated heterocycles. The Bertz CT molecular complexity index is 1390. The third kappa shape index (κ3) is 3.69. The zero-order valence-electron chi connectivity index (χ0n) is 15.3. The number of hydrogen-bond donors (Lipinski definition) is 1. The highest BCUT2D eigenvalue weighted by atomic mass is 32.2. The smallest absolute Gasteiger partial charge is 0.265 e. The molecule has 1 N–H and O–H groups in total. The standard InChI is InChI=1S/C19H11F5N4O2S/c20-14-11(15(21)17(23)18(24)16(14)22)9-28-8-6-13(26-28)27-31(29,30)12-5-1-3-10-4-2-7-25-19(10)12/h1-8H,9H2,(H,26,27). The Hall–Kier alpha value is -3.54. The van der Waals surface area contributed by atoms with Crippen molar-refractivity contribution in [3.63, 3.8) is 0 Å². The zero-order chi connectivity index (χ0) is 22.3. The molecular formula is C19H11F5N4O2S. The highest BCUT2D eigenvalue weighted by Gasteiger charge is 2.26. The van der Waals surface area contributed by atoms with E-state index in [2.05, 4.69) is 14.8 Å². The fraction of sp³-hybridized carbons (Fsp3) is 0.0526. The fourth-order valence-electron chi connectivity index (χ4n) is 2.94. The summed E-state index contributed by atoms with van der Waals surface area (Å²) in [7, 11) is -4.14. The van der Waals surface area contributed by atoms with E-state index in [9.17, 15) is 30.4 Å². The number of nitrogens with one attached hydrogen (secondary N) is 1. The molecule has 0 saturated carbocycles. The van der Waals surface area contributed by atoms with Gasteiger partial charge in [0.05, 0.1) is 17.6 Å². The third-order valence-electron chi connectivity index (χ3n) is 4.39. The molecule has 0 fully saturated rings. The molecule has 0 aliphatic carbocycles. The fourth-order valence-corrected chi connectivity index (χ4v) is 4.12. The monoisotopic (exact) mass is 454 g/mol. The normalized spacial score (nSPS) is 11.8. The summed E-state index contributed by atoms with van der Waals surface area (Å²) < 4.78 is 96.1. The molecule has 0 amide bonds. The molecule has 2 aromatic carbocycles. The van der Waals surface area contributed by atoms with Crippen LogP contribution >= 0.6 is 0 Å². The Morgan fingerprint density at radius 2 is 1.52 bits per heavy atom. The predicted octanol–water partition coefficient (Wildman–Crippen LogP) is 3.98. The summed E-state index contributed by atoms with van der Waals surface area (Å²) >= 11 is 0. The second-order valence-electron chi connectivity index (χ2n) is 6.38. The average Bonchev–Trinajstić information content (AvgIpc) is 3.19. The van der Waals surface area contributed by atoms with Crippen LogP contribution in [-0.4, -0.2) is 23.2 Å². The van der Waals surface area contributed by atoms with Crippen LogP contribution in [0.3, 0.4) is 0 Å². The molecule has 2 heterocycles. The van der Waals surface area contributed by atoms with E-state index < -0.39 is 51.2 Å². The molecule has 4 rings (SSSR count). The number of fused-ring (bicyclic) bond motifs is 1. The SMILES string of the molecule is O=S(=O)(Nc1ccn(Cc2c(F)c(F)c(F)c(F)c2F)n1)c1cccc2cccnc12. The predicted molar refractivity (Wildman–Crippen MR) is 100 cm³/mol. The molecule has 0 atom stereocenters. The van der Waals surface area contributed by atoms with Crippen LogP contribution < -0.4 is 4.72 Å². The van der Waals surface area contributed by atoms with Crippen molar-refractivity contribution in [2.45, 2.75) is 11.4 Å². The van der Waals surface area contributed by atoms with Crippen LogP contribution in [0, 0.1) is 29.1 Å².